The topological polar surface area (TPSA) is 79.5 Å². The van der Waals surface area contributed by atoms with Crippen molar-refractivity contribution in [3.63, 3.8) is 0 Å². The molecule has 0 spiro atoms. The van der Waals surface area contributed by atoms with Gasteiger partial charge in [-0.15, -0.1) is 0 Å². The van der Waals surface area contributed by atoms with E-state index in [1.165, 1.54) is 11.0 Å². The predicted molar refractivity (Wildman–Crippen MR) is 130 cm³/mol. The Morgan fingerprint density at radius 1 is 1.00 bits per heavy atom. The quantitative estimate of drug-likeness (QED) is 0.393. The number of nitrogens with two attached hydrogens (primary N) is 1. The Bertz CT molecular complexity index is 1430. The van der Waals surface area contributed by atoms with Crippen molar-refractivity contribution in [1.82, 2.24) is 9.29 Å². The van der Waals surface area contributed by atoms with E-state index in [4.69, 9.17) is 5.73 Å². The molecule has 3 aromatic rings. The van der Waals surface area contributed by atoms with Crippen LogP contribution in [0, 0.1) is 5.82 Å². The van der Waals surface area contributed by atoms with E-state index < -0.39 is 52.2 Å². The summed E-state index contributed by atoms with van der Waals surface area (Å²) in [5.74, 6) is -0.798. The van der Waals surface area contributed by atoms with Crippen LogP contribution in [-0.2, 0) is 35.7 Å². The van der Waals surface area contributed by atoms with Gasteiger partial charge in [0.05, 0.1) is 29.7 Å². The van der Waals surface area contributed by atoms with Crippen molar-refractivity contribution in [2.75, 3.05) is 17.2 Å². The van der Waals surface area contributed by atoms with Crippen LogP contribution in [0.2, 0.25) is 0 Å². The number of anilines is 2. The van der Waals surface area contributed by atoms with Crippen molar-refractivity contribution in [3.8, 4) is 0 Å². The van der Waals surface area contributed by atoms with Crippen molar-refractivity contribution in [2.24, 2.45) is 0 Å². The number of aryl methyl sites for hydroxylation is 1. The number of sulfonamides is 1. The summed E-state index contributed by atoms with van der Waals surface area (Å²) in [6.45, 7) is -1.78. The van der Waals surface area contributed by atoms with E-state index in [1.807, 2.05) is 0 Å². The van der Waals surface area contributed by atoms with Crippen molar-refractivity contribution >= 4 is 21.4 Å². The summed E-state index contributed by atoms with van der Waals surface area (Å²) in [6.07, 6.45) is -3.49. The number of hydrogen-bond acceptors (Lipinski definition) is 5. The van der Waals surface area contributed by atoms with Crippen LogP contribution in [0.4, 0.5) is 42.1 Å². The van der Waals surface area contributed by atoms with Crippen molar-refractivity contribution in [2.45, 2.75) is 43.7 Å². The van der Waals surface area contributed by atoms with Gasteiger partial charge >= 0.3 is 21.7 Å². The highest BCUT2D eigenvalue weighted by atomic mass is 32.2. The number of halogens is 7. The Hall–Kier alpha value is -3.39. The molecule has 14 heteroatoms. The summed E-state index contributed by atoms with van der Waals surface area (Å²) in [7, 11) is -5.90. The lowest BCUT2D eigenvalue weighted by Gasteiger charge is -2.34. The molecular weight excluding hydrogens is 553 g/mol. The van der Waals surface area contributed by atoms with Crippen LogP contribution in [0.25, 0.3) is 0 Å². The number of benzene rings is 2. The molecule has 2 aromatic carbocycles. The van der Waals surface area contributed by atoms with E-state index in [9.17, 15) is 39.2 Å². The van der Waals surface area contributed by atoms with Crippen LogP contribution >= 0.6 is 0 Å². The zero-order chi connectivity index (χ0) is 28.6. The summed E-state index contributed by atoms with van der Waals surface area (Å²) >= 11 is 0. The first-order chi connectivity index (χ1) is 18.2. The summed E-state index contributed by atoms with van der Waals surface area (Å²) in [6, 6.07) is 11.7. The fraction of sp³-hybridized carbons (Fsp3) is 0.320. The minimum absolute atomic E-state index is 0.102. The normalized spacial score (nSPS) is 17.1. The van der Waals surface area contributed by atoms with Crippen molar-refractivity contribution in [3.05, 3.63) is 89.0 Å². The van der Waals surface area contributed by atoms with E-state index in [0.29, 0.717) is 12.5 Å². The van der Waals surface area contributed by atoms with Gasteiger partial charge in [0.15, 0.2) is 5.82 Å². The molecule has 0 saturated heterocycles. The third kappa shape index (κ3) is 6.27. The zero-order valence-corrected chi connectivity index (χ0v) is 21.0. The van der Waals surface area contributed by atoms with Gasteiger partial charge in [-0.05, 0) is 48.2 Å². The lowest BCUT2D eigenvalue weighted by Crippen LogP contribution is -2.47. The maximum absolute atomic E-state index is 13.7. The van der Waals surface area contributed by atoms with Gasteiger partial charge in [0, 0.05) is 24.8 Å². The molecule has 0 aliphatic carbocycles. The molecule has 0 radical (unpaired) electrons. The van der Waals surface area contributed by atoms with Gasteiger partial charge < -0.3 is 10.6 Å². The van der Waals surface area contributed by atoms with Crippen molar-refractivity contribution < 1.29 is 39.2 Å². The molecule has 0 fully saturated rings. The van der Waals surface area contributed by atoms with E-state index in [2.05, 4.69) is 4.98 Å². The van der Waals surface area contributed by atoms with Crippen LogP contribution in [0.15, 0.2) is 60.8 Å². The first-order valence-electron chi connectivity index (χ1n) is 11.6. The highest BCUT2D eigenvalue weighted by Crippen LogP contribution is 2.39. The maximum Gasteiger partial charge on any atom is 0.511 e. The Kier molecular flexibility index (Phi) is 7.81. The van der Waals surface area contributed by atoms with Gasteiger partial charge in [0.25, 0.3) is 0 Å². The summed E-state index contributed by atoms with van der Waals surface area (Å²) < 4.78 is 120. The lowest BCUT2D eigenvalue weighted by molar-refractivity contribution is -0.137. The number of nitrogens with zero attached hydrogens (tertiary/aromatic N) is 3. The summed E-state index contributed by atoms with van der Waals surface area (Å²) in [4.78, 5) is 5.47. The number of hydrogen-bond donors (Lipinski definition) is 1. The minimum Gasteiger partial charge on any atom is -0.396 e. The van der Waals surface area contributed by atoms with Gasteiger partial charge in [-0.25, -0.2) is 12.8 Å². The SMILES string of the molecule is Nc1cc(CN2c3ccc(C(F)(F)F)cc3CN(S(=O)(=O)C(F)(F)F)CC2CCc2ccccc2)ncc1F. The van der Waals surface area contributed by atoms with Gasteiger partial charge in [-0.2, -0.15) is 30.6 Å². The molecule has 1 aliphatic rings. The zero-order valence-electron chi connectivity index (χ0n) is 20.2. The van der Waals surface area contributed by atoms with Crippen LogP contribution in [0.3, 0.4) is 0 Å². The Morgan fingerprint density at radius 3 is 2.31 bits per heavy atom. The van der Waals surface area contributed by atoms with Crippen LogP contribution in [0.5, 0.6) is 0 Å². The lowest BCUT2D eigenvalue weighted by atomic mass is 10.0. The fourth-order valence-corrected chi connectivity index (χ4v) is 5.45. The Balaban J connectivity index is 1.84. The predicted octanol–water partition coefficient (Wildman–Crippen LogP) is 5.49. The van der Waals surface area contributed by atoms with Gasteiger partial charge in [0.1, 0.15) is 0 Å². The molecule has 1 aromatic heterocycles. The monoisotopic (exact) mass is 576 g/mol. The number of nitrogen functional groups attached to an aromatic ring is 1. The summed E-state index contributed by atoms with van der Waals surface area (Å²) in [5, 5.41) is 0. The molecule has 0 saturated carbocycles. The minimum atomic E-state index is -5.90. The van der Waals surface area contributed by atoms with E-state index in [0.717, 1.165) is 23.9 Å². The number of alkyl halides is 6. The van der Waals surface area contributed by atoms with Gasteiger partial charge in [-0.1, -0.05) is 30.3 Å². The highest BCUT2D eigenvalue weighted by molar-refractivity contribution is 7.89. The third-order valence-corrected chi connectivity index (χ3v) is 7.98. The second kappa shape index (κ2) is 10.6. The Labute approximate surface area is 219 Å². The molecule has 1 aliphatic heterocycles. The van der Waals surface area contributed by atoms with E-state index >= 15 is 0 Å². The molecule has 1 unspecified atom stereocenters. The Morgan fingerprint density at radius 2 is 1.69 bits per heavy atom. The highest BCUT2D eigenvalue weighted by Gasteiger charge is 2.51. The fourth-order valence-electron chi connectivity index (χ4n) is 4.48. The number of fused-ring (bicyclic) bond motifs is 1. The van der Waals surface area contributed by atoms with Crippen molar-refractivity contribution in [1.29, 1.82) is 0 Å². The van der Waals surface area contributed by atoms with Crippen LogP contribution in [-0.4, -0.2) is 35.8 Å². The first-order valence-corrected chi connectivity index (χ1v) is 13.1. The molecule has 210 valence electrons. The molecule has 2 N–H and O–H groups in total. The molecule has 0 bridgehead atoms. The smallest absolute Gasteiger partial charge is 0.396 e. The molecule has 6 nitrogen and oxygen atoms in total. The molecule has 2 heterocycles. The average molecular weight is 577 g/mol. The second-order valence-electron chi connectivity index (χ2n) is 9.09. The number of pyridine rings is 1. The molecule has 39 heavy (non-hydrogen) atoms. The molecular formula is C25H23F7N4O2S. The standard InChI is InChI=1S/C25H23F7N4O2S/c26-21-12-34-19(11-22(21)33)14-36-20(8-6-16-4-2-1-3-5-16)15-35(39(37,38)25(30,31)32)13-17-10-18(24(27,28)29)7-9-23(17)36/h1-5,7,9-12,20H,6,8,13-15H2,(H2,33,34). The van der Waals surface area contributed by atoms with Crippen LogP contribution < -0.4 is 10.6 Å². The second-order valence-corrected chi connectivity index (χ2v) is 11.0. The largest absolute Gasteiger partial charge is 0.511 e. The maximum atomic E-state index is 13.7. The van der Waals surface area contributed by atoms with Crippen LogP contribution in [0.1, 0.15) is 28.8 Å². The van der Waals surface area contributed by atoms with E-state index in [1.54, 1.807) is 30.3 Å². The molecule has 1 atom stereocenters. The van der Waals surface area contributed by atoms with Gasteiger partial charge in [0.2, 0.25) is 0 Å². The molecule has 0 amide bonds. The van der Waals surface area contributed by atoms with E-state index in [-0.39, 0.29) is 39.9 Å². The summed E-state index contributed by atoms with van der Waals surface area (Å²) in [5.41, 5.74) is -0.560. The third-order valence-electron chi connectivity index (χ3n) is 6.43. The molecule has 4 rings (SSSR count). The number of aromatic nitrogens is 1. The first kappa shape index (κ1) is 28.6. The number of rotatable bonds is 6. The van der Waals surface area contributed by atoms with Gasteiger partial charge in [-0.3, -0.25) is 4.98 Å². The average Bonchev–Trinajstić information content (AvgIpc) is 3.01.